The zero-order valence-electron chi connectivity index (χ0n) is 81.4. The number of aromatic nitrogens is 16. The van der Waals surface area contributed by atoms with Gasteiger partial charge in [0.05, 0.1) is 85.9 Å². The van der Waals surface area contributed by atoms with Crippen LogP contribution in [0.2, 0.25) is 5.02 Å². The van der Waals surface area contributed by atoms with Gasteiger partial charge in [-0.05, 0) is 231 Å². The van der Waals surface area contributed by atoms with Gasteiger partial charge in [-0.15, -0.1) is 68.4 Å². The quantitative estimate of drug-likeness (QED) is 0.0880. The van der Waals surface area contributed by atoms with Gasteiger partial charge in [-0.1, -0.05) is 93.8 Å². The Morgan fingerprint density at radius 2 is 1.06 bits per heavy atom. The summed E-state index contributed by atoms with van der Waals surface area (Å²) in [5.41, 5.74) is 21.2. The molecule has 0 amide bonds. The van der Waals surface area contributed by atoms with Gasteiger partial charge < -0.3 is 14.2 Å². The molecule has 25 nitrogen and oxygen atoms in total. The number of thiophene rings is 3. The molecule has 126 heavy (non-hydrogen) atoms. The molecule has 0 unspecified atom stereocenters. The summed E-state index contributed by atoms with van der Waals surface area (Å²) < 4.78 is 46.5. The van der Waals surface area contributed by atoms with Gasteiger partial charge in [0.1, 0.15) is 26.5 Å². The summed E-state index contributed by atoms with van der Waals surface area (Å²) in [7, 11) is 10.5. The molecule has 0 aliphatic carbocycles. The second kappa shape index (κ2) is 55.2. The van der Waals surface area contributed by atoms with Gasteiger partial charge in [0.2, 0.25) is 0 Å². The van der Waals surface area contributed by atoms with Crippen molar-refractivity contribution in [2.24, 2.45) is 35.2 Å². The maximum absolute atomic E-state index is 11.3. The number of hydrogen-bond donors (Lipinski definition) is 1. The van der Waals surface area contributed by atoms with Crippen LogP contribution >= 0.6 is 80.0 Å². The number of halogens is 1. The largest absolute Gasteiger partial charge is 0.465 e. The molecule has 1 aromatic carbocycles. The van der Waals surface area contributed by atoms with Crippen LogP contribution in [0.5, 0.6) is 0 Å². The second-order valence-corrected chi connectivity index (χ2v) is 40.8. The zero-order valence-corrected chi connectivity index (χ0v) is 87.9. The van der Waals surface area contributed by atoms with Gasteiger partial charge in [0.15, 0.2) is 9.84 Å². The fourth-order valence-corrected chi connectivity index (χ4v) is 17.0. The van der Waals surface area contributed by atoms with Crippen molar-refractivity contribution in [2.45, 2.75) is 232 Å². The Hall–Kier alpha value is -9.59. The van der Waals surface area contributed by atoms with E-state index in [-0.39, 0.29) is 33.1 Å². The molecule has 0 fully saturated rings. The van der Waals surface area contributed by atoms with Crippen molar-refractivity contribution in [3.63, 3.8) is 0 Å². The monoisotopic (exact) mass is 1880 g/mol. The van der Waals surface area contributed by atoms with E-state index in [0.717, 1.165) is 84.5 Å². The van der Waals surface area contributed by atoms with Crippen molar-refractivity contribution in [2.75, 3.05) is 33.8 Å². The van der Waals surface area contributed by atoms with E-state index in [1.165, 1.54) is 128 Å². The minimum atomic E-state index is -3.25. The van der Waals surface area contributed by atoms with Crippen LogP contribution in [-0.4, -0.2) is 139 Å². The molecule has 0 atom stereocenters. The number of thiazole rings is 2. The molecule has 0 bridgehead atoms. The minimum absolute atomic E-state index is 0.171. The summed E-state index contributed by atoms with van der Waals surface area (Å²) in [4.78, 5) is 52.8. The van der Waals surface area contributed by atoms with E-state index in [1.807, 2.05) is 170 Å². The maximum Gasteiger partial charge on any atom is 0.348 e. The lowest BCUT2D eigenvalue weighted by molar-refractivity contribution is 0.0596. The van der Waals surface area contributed by atoms with Crippen LogP contribution in [0.1, 0.15) is 233 Å². The van der Waals surface area contributed by atoms with Crippen LogP contribution in [-0.2, 0) is 88.4 Å². The predicted molar refractivity (Wildman–Crippen MR) is 524 cm³/mol. The van der Waals surface area contributed by atoms with Gasteiger partial charge in [0.25, 0.3) is 0 Å². The Bertz CT molecular complexity index is 5410. The highest BCUT2D eigenvalue weighted by Crippen LogP contribution is 2.35. The molecule has 690 valence electrons. The number of thioether (sulfide) groups is 1. The van der Waals surface area contributed by atoms with Crippen LogP contribution in [0.15, 0.2) is 111 Å². The van der Waals surface area contributed by atoms with Crippen molar-refractivity contribution in [3.05, 3.63) is 249 Å². The summed E-state index contributed by atoms with van der Waals surface area (Å²) in [6.07, 6.45) is 10.3. The van der Waals surface area contributed by atoms with E-state index in [9.17, 15) is 22.8 Å². The third kappa shape index (κ3) is 41.5. The van der Waals surface area contributed by atoms with Crippen molar-refractivity contribution < 1.29 is 37.0 Å². The number of nitrogens with zero attached hydrogens (tertiary/aromatic N) is 16. The number of carbonyl (C=O) groups excluding carboxylic acids is 3. The first-order valence-electron chi connectivity index (χ1n) is 40.4. The Labute approximate surface area is 779 Å². The van der Waals surface area contributed by atoms with Crippen molar-refractivity contribution in [3.8, 4) is 6.07 Å². The molecule has 13 aromatic rings. The molecule has 1 N–H and O–H groups in total. The highest BCUT2D eigenvalue weighted by Gasteiger charge is 2.23. The van der Waals surface area contributed by atoms with Crippen LogP contribution in [0.3, 0.4) is 0 Å². The molecule has 12 heterocycles. The van der Waals surface area contributed by atoms with Crippen molar-refractivity contribution in [1.82, 2.24) is 79.0 Å². The van der Waals surface area contributed by atoms with Gasteiger partial charge in [-0.25, -0.2) is 42.7 Å². The van der Waals surface area contributed by atoms with Crippen molar-refractivity contribution >= 4 is 108 Å². The average molecular weight is 1880 g/mol. The molecule has 0 aliphatic heterocycles. The number of carbonyl (C=O) groups is 3. The number of ether oxygens (including phenoxy) is 3. The molecule has 0 spiro atoms. The van der Waals surface area contributed by atoms with E-state index in [4.69, 9.17) is 16.9 Å². The number of H-pyrrole nitrogens is 1. The topological polar surface area (TPSA) is 306 Å². The molecule has 0 saturated heterocycles. The maximum atomic E-state index is 11.3. The minimum Gasteiger partial charge on any atom is -0.465 e. The van der Waals surface area contributed by atoms with Gasteiger partial charge in [-0.2, -0.15) is 35.9 Å². The highest BCUT2D eigenvalue weighted by atomic mass is 35.5. The molecule has 0 aliphatic rings. The normalized spacial score (nSPS) is 10.4. The lowest BCUT2D eigenvalue weighted by Crippen LogP contribution is -2.12. The first-order valence-corrected chi connectivity index (χ1v) is 48.1. The number of hydrogen-bond acceptors (Lipinski definition) is 25. The first-order chi connectivity index (χ1) is 58.5. The van der Waals surface area contributed by atoms with Crippen LogP contribution in [0.25, 0.3) is 0 Å². The third-order valence-corrected chi connectivity index (χ3v) is 25.9. The van der Waals surface area contributed by atoms with Crippen molar-refractivity contribution in [1.29, 1.82) is 5.26 Å². The van der Waals surface area contributed by atoms with E-state index in [0.29, 0.717) is 31.3 Å². The van der Waals surface area contributed by atoms with Crippen LogP contribution in [0, 0.1) is 129 Å². The number of nitriles is 1. The Kier molecular flexibility index (Phi) is 50.1. The number of esters is 3. The molecule has 13 rings (SSSR count). The Balaban J connectivity index is 0.000000686. The summed E-state index contributed by atoms with van der Waals surface area (Å²) >= 11 is 14.5. The number of rotatable bonds is 7. The molecule has 12 aromatic heterocycles. The van der Waals surface area contributed by atoms with Crippen LogP contribution < -0.4 is 0 Å². The summed E-state index contributed by atoms with van der Waals surface area (Å²) in [6.45, 7) is 57.5. The zero-order chi connectivity index (χ0) is 96.6. The summed E-state index contributed by atoms with van der Waals surface area (Å²) in [6, 6.07) is 24.2. The van der Waals surface area contributed by atoms with E-state index >= 15 is 0 Å². The summed E-state index contributed by atoms with van der Waals surface area (Å²) in [5, 5.41) is 45.5. The lowest BCUT2D eigenvalue weighted by Gasteiger charge is -2.13. The standard InChI is InChI=1S/C9H16N2.C9H9NO2S2.C8H9Cl.C8H14N2.C8H13NS.C8H10O4S2.2C7H12N2.C7H8O2S.C6H10N2.C6H9NS.C5H8N2.C5H6N2/c1-7-6-8(9(2,3)4)10-11(7)5;1-5-6(4-10)9(13-3)14-7(5)8(11)12-2;1-6-3-4-8(9)5-7(6)2;1-6-5-7(10-9-6)8(2,3)4;1-6-9-7(5-10-6)8(2,3)4;1-5-6(14(3,10)11)4-13-7(5)8(9)12-2;1-4-7-5-6(2)9(3)8-7;1-4-7-5-6(2)8-9(7)3;1-5-3-4-10-6(5)7(8)9-2;1-5-4-6(2)8(3)7-5;1-4-5(2)8-6(3)7-4;1-5-3-4-6-7(5)2;1-5-6-3-2-4-7-5/h6H,1-5H3;1-3H3;3-5H,1-2H3;5H,1-4H3,(H,9,10);5H,1-4H3;4H,1-3H3;2*5H,4H2,1-3H3;3-4H,1-2H3;4H,1-3H3;1-3H3;3-4H,1-2H3;2-4H,1H3. The van der Waals surface area contributed by atoms with Gasteiger partial charge in [-0.3, -0.25) is 28.5 Å². The number of sulfone groups is 1. The number of benzene rings is 1. The molecular weight excluding hydrogens is 1740 g/mol. The summed E-state index contributed by atoms with van der Waals surface area (Å²) in [5.74, 6) is -0.290. The molecule has 0 radical (unpaired) electrons. The average Bonchev–Trinajstić information content (AvgIpc) is 1.68. The fourth-order valence-electron chi connectivity index (χ4n) is 9.91. The number of aromatic amines is 1. The highest BCUT2D eigenvalue weighted by molar-refractivity contribution is 8.00. The smallest absolute Gasteiger partial charge is 0.348 e. The predicted octanol–water partition coefficient (Wildman–Crippen LogP) is 22.5. The SMILES string of the molecule is CCc1cc(C)n(C)n1.CCc1cc(C)nn1C.COC(=O)c1sc(SC)c(C#N)c1C.COC(=O)c1scc(S(C)(=O)=O)c1C.COC(=O)c1sccc1C.Cc1cc(C(C)(C)C)n[nH]1.Cc1cc(C(C)(C)C)nn1C.Cc1cc(C)n(C)n1.Cc1ccc(Cl)cc1C.Cc1ccnn1C.Cc1nc(C(C)(C)C)cs1.Cc1nc(C)c(C)s1.Cc1ncccn1. The van der Waals surface area contributed by atoms with E-state index in [1.54, 1.807) is 61.2 Å². The Morgan fingerprint density at radius 1 is 0.532 bits per heavy atom. The molecule has 33 heteroatoms. The van der Waals surface area contributed by atoms with E-state index < -0.39 is 15.8 Å². The Morgan fingerprint density at radius 3 is 1.33 bits per heavy atom. The second-order valence-electron chi connectivity index (χ2n) is 32.1. The van der Waals surface area contributed by atoms with Gasteiger partial charge >= 0.3 is 17.9 Å². The number of nitrogens with one attached hydrogen (secondary N) is 1. The lowest BCUT2D eigenvalue weighted by atomic mass is 9.92. The third-order valence-electron chi connectivity index (χ3n) is 18.1. The van der Waals surface area contributed by atoms with Gasteiger partial charge in [0, 0.05) is 131 Å². The fraction of sp³-hybridized carbons (Fsp3) is 0.462. The van der Waals surface area contributed by atoms with E-state index in [2.05, 4.69) is 222 Å². The van der Waals surface area contributed by atoms with Crippen LogP contribution in [0.4, 0.5) is 0 Å². The number of aryl methyl sites for hydroxylation is 22. The molecular formula is C93H136ClN17O8S7. The molecule has 0 saturated carbocycles. The number of methoxy groups -OCH3 is 3. The first kappa shape index (κ1) is 114.